The van der Waals surface area contributed by atoms with Gasteiger partial charge in [0.1, 0.15) is 0 Å². The highest BCUT2D eigenvalue weighted by molar-refractivity contribution is 7.89. The van der Waals surface area contributed by atoms with E-state index in [1.165, 1.54) is 12.0 Å². The molecule has 0 unspecified atom stereocenters. The van der Waals surface area contributed by atoms with E-state index in [0.717, 1.165) is 26.1 Å². The van der Waals surface area contributed by atoms with Crippen LogP contribution < -0.4 is 5.14 Å². The Bertz CT molecular complexity index is 512. The zero-order valence-electron chi connectivity index (χ0n) is 11.3. The number of hydrogen-bond donors (Lipinski definition) is 1. The molecule has 0 amide bonds. The van der Waals surface area contributed by atoms with Crippen molar-refractivity contribution in [3.05, 3.63) is 18.0 Å². The Balaban J connectivity index is 1.83. The van der Waals surface area contributed by atoms with E-state index in [9.17, 15) is 8.42 Å². The predicted molar refractivity (Wildman–Crippen MR) is 74.2 cm³/mol. The summed E-state index contributed by atoms with van der Waals surface area (Å²) < 4.78 is 23.8. The van der Waals surface area contributed by atoms with Gasteiger partial charge in [-0.05, 0) is 44.8 Å². The van der Waals surface area contributed by atoms with Crippen LogP contribution in [-0.4, -0.2) is 48.0 Å². The van der Waals surface area contributed by atoms with Crippen molar-refractivity contribution in [1.29, 1.82) is 0 Å². The Kier molecular flexibility index (Phi) is 4.59. The normalized spacial score (nSPS) is 21.1. The van der Waals surface area contributed by atoms with Crippen LogP contribution in [-0.2, 0) is 16.6 Å². The van der Waals surface area contributed by atoms with Crippen molar-refractivity contribution in [2.24, 2.45) is 5.14 Å². The van der Waals surface area contributed by atoms with Gasteiger partial charge >= 0.3 is 0 Å². The van der Waals surface area contributed by atoms with Crippen LogP contribution in [0.5, 0.6) is 0 Å². The number of nitrogens with zero attached hydrogens (tertiary/aromatic N) is 3. The van der Waals surface area contributed by atoms with Gasteiger partial charge in [0.2, 0.25) is 10.0 Å². The predicted octanol–water partition coefficient (Wildman–Crippen LogP) is 0.335. The topological polar surface area (TPSA) is 81.2 Å². The SMILES string of the molecule is Cc1cnn(C[C@@H]2CCCN2CCCS(N)(=O)=O)c1. The molecular formula is C12H22N4O2S. The summed E-state index contributed by atoms with van der Waals surface area (Å²) in [5, 5.41) is 9.33. The first kappa shape index (κ1) is 14.5. The van der Waals surface area contributed by atoms with Crippen LogP contribution in [0.1, 0.15) is 24.8 Å². The molecule has 1 saturated heterocycles. The van der Waals surface area contributed by atoms with E-state index in [1.54, 1.807) is 0 Å². The summed E-state index contributed by atoms with van der Waals surface area (Å²) in [4.78, 5) is 2.35. The molecule has 1 aliphatic rings. The largest absolute Gasteiger partial charge is 0.299 e. The lowest BCUT2D eigenvalue weighted by Crippen LogP contribution is -2.35. The molecule has 0 aliphatic carbocycles. The number of hydrogen-bond acceptors (Lipinski definition) is 4. The van der Waals surface area contributed by atoms with Crippen molar-refractivity contribution in [2.45, 2.75) is 38.8 Å². The zero-order chi connectivity index (χ0) is 13.9. The number of aromatic nitrogens is 2. The molecule has 7 heteroatoms. The minimum Gasteiger partial charge on any atom is -0.299 e. The summed E-state index contributed by atoms with van der Waals surface area (Å²) >= 11 is 0. The van der Waals surface area contributed by atoms with Gasteiger partial charge < -0.3 is 0 Å². The molecule has 108 valence electrons. The van der Waals surface area contributed by atoms with E-state index in [4.69, 9.17) is 5.14 Å². The van der Waals surface area contributed by atoms with Crippen LogP contribution in [0, 0.1) is 6.92 Å². The molecule has 0 saturated carbocycles. The molecular weight excluding hydrogens is 264 g/mol. The fourth-order valence-corrected chi connectivity index (χ4v) is 3.18. The molecule has 1 aromatic heterocycles. The molecule has 6 nitrogen and oxygen atoms in total. The summed E-state index contributed by atoms with van der Waals surface area (Å²) in [6, 6.07) is 0.458. The molecule has 0 bridgehead atoms. The highest BCUT2D eigenvalue weighted by atomic mass is 32.2. The molecule has 1 aromatic rings. The summed E-state index contributed by atoms with van der Waals surface area (Å²) in [5.74, 6) is 0.0666. The van der Waals surface area contributed by atoms with Crippen LogP contribution in [0.2, 0.25) is 0 Å². The first-order valence-electron chi connectivity index (χ1n) is 6.67. The van der Waals surface area contributed by atoms with Crippen molar-refractivity contribution >= 4 is 10.0 Å². The van der Waals surface area contributed by atoms with E-state index in [-0.39, 0.29) is 5.75 Å². The van der Waals surface area contributed by atoms with Gasteiger partial charge in [-0.3, -0.25) is 9.58 Å². The quantitative estimate of drug-likeness (QED) is 0.817. The summed E-state index contributed by atoms with van der Waals surface area (Å²) in [5.41, 5.74) is 1.17. The van der Waals surface area contributed by atoms with Crippen LogP contribution >= 0.6 is 0 Å². The molecule has 0 radical (unpaired) electrons. The fourth-order valence-electron chi connectivity index (χ4n) is 2.65. The average molecular weight is 286 g/mol. The maximum atomic E-state index is 10.9. The van der Waals surface area contributed by atoms with E-state index in [0.29, 0.717) is 12.5 Å². The Labute approximate surface area is 114 Å². The highest BCUT2D eigenvalue weighted by Gasteiger charge is 2.24. The number of rotatable bonds is 6. The van der Waals surface area contributed by atoms with Crippen LogP contribution in [0.15, 0.2) is 12.4 Å². The Morgan fingerprint density at radius 1 is 1.53 bits per heavy atom. The highest BCUT2D eigenvalue weighted by Crippen LogP contribution is 2.19. The second-order valence-corrected chi connectivity index (χ2v) is 7.03. The van der Waals surface area contributed by atoms with Gasteiger partial charge in [-0.1, -0.05) is 0 Å². The second-order valence-electron chi connectivity index (χ2n) is 5.29. The Hall–Kier alpha value is -0.920. The van der Waals surface area contributed by atoms with Gasteiger partial charge in [-0.15, -0.1) is 0 Å². The van der Waals surface area contributed by atoms with Crippen LogP contribution in [0.25, 0.3) is 0 Å². The molecule has 0 spiro atoms. The van der Waals surface area contributed by atoms with Gasteiger partial charge in [0, 0.05) is 12.2 Å². The third-order valence-corrected chi connectivity index (χ3v) is 4.39. The summed E-state index contributed by atoms with van der Waals surface area (Å²) in [6.07, 6.45) is 6.82. The van der Waals surface area contributed by atoms with E-state index < -0.39 is 10.0 Å². The minimum absolute atomic E-state index is 0.0666. The smallest absolute Gasteiger partial charge is 0.209 e. The van der Waals surface area contributed by atoms with Gasteiger partial charge in [0.25, 0.3) is 0 Å². The molecule has 2 heterocycles. The van der Waals surface area contributed by atoms with Gasteiger partial charge in [-0.2, -0.15) is 5.10 Å². The van der Waals surface area contributed by atoms with E-state index in [2.05, 4.69) is 10.00 Å². The first-order valence-corrected chi connectivity index (χ1v) is 8.39. The first-order chi connectivity index (χ1) is 8.94. The van der Waals surface area contributed by atoms with Gasteiger partial charge in [-0.25, -0.2) is 13.6 Å². The van der Waals surface area contributed by atoms with Crippen molar-refractivity contribution < 1.29 is 8.42 Å². The number of nitrogens with two attached hydrogens (primary N) is 1. The Morgan fingerprint density at radius 3 is 2.95 bits per heavy atom. The Morgan fingerprint density at radius 2 is 2.32 bits per heavy atom. The molecule has 2 N–H and O–H groups in total. The monoisotopic (exact) mass is 286 g/mol. The van der Waals surface area contributed by atoms with Crippen molar-refractivity contribution in [3.63, 3.8) is 0 Å². The standard InChI is InChI=1S/C12H22N4O2S/c1-11-8-14-16(9-11)10-12-4-2-5-15(12)6-3-7-19(13,17)18/h8-9,12H,2-7,10H2,1H3,(H2,13,17,18)/t12-/m0/s1. The van der Waals surface area contributed by atoms with Crippen LogP contribution in [0.3, 0.4) is 0 Å². The van der Waals surface area contributed by atoms with Crippen molar-refractivity contribution in [3.8, 4) is 0 Å². The third-order valence-electron chi connectivity index (χ3n) is 3.53. The summed E-state index contributed by atoms with van der Waals surface area (Å²) in [7, 11) is -3.33. The second kappa shape index (κ2) is 6.02. The molecule has 1 fully saturated rings. The molecule has 2 rings (SSSR count). The molecule has 1 aliphatic heterocycles. The average Bonchev–Trinajstić information content (AvgIpc) is 2.88. The van der Waals surface area contributed by atoms with Crippen molar-refractivity contribution in [1.82, 2.24) is 14.7 Å². The molecule has 1 atom stereocenters. The number of likely N-dealkylation sites (tertiary alicyclic amines) is 1. The van der Waals surface area contributed by atoms with E-state index in [1.807, 2.05) is 24.0 Å². The number of sulfonamides is 1. The van der Waals surface area contributed by atoms with Gasteiger partial charge in [0.15, 0.2) is 0 Å². The number of aryl methyl sites for hydroxylation is 1. The summed E-state index contributed by atoms with van der Waals surface area (Å²) in [6.45, 7) is 4.74. The maximum Gasteiger partial charge on any atom is 0.209 e. The number of primary sulfonamides is 1. The van der Waals surface area contributed by atoms with Crippen molar-refractivity contribution in [2.75, 3.05) is 18.8 Å². The maximum absolute atomic E-state index is 10.9. The third kappa shape index (κ3) is 4.59. The molecule has 19 heavy (non-hydrogen) atoms. The lowest BCUT2D eigenvalue weighted by atomic mass is 10.2. The molecule has 0 aromatic carbocycles. The van der Waals surface area contributed by atoms with E-state index >= 15 is 0 Å². The lowest BCUT2D eigenvalue weighted by molar-refractivity contribution is 0.228. The fraction of sp³-hybridized carbons (Fsp3) is 0.750. The zero-order valence-corrected chi connectivity index (χ0v) is 12.1. The minimum atomic E-state index is -3.33. The lowest BCUT2D eigenvalue weighted by Gasteiger charge is -2.24. The van der Waals surface area contributed by atoms with Gasteiger partial charge in [0.05, 0.1) is 18.5 Å². The van der Waals surface area contributed by atoms with Crippen LogP contribution in [0.4, 0.5) is 0 Å².